The standard InChI is InChI=1S/C18H17N3O2S2.ClH/c22-25(23,18-7-6-17(24-18)16-3-1-2-9-20-16)21-15-5-4-13-8-10-19-12-14(13)11-15;/h1-7,9,11,19,21H,8,10,12H2;1H. The van der Waals surface area contributed by atoms with Gasteiger partial charge in [0, 0.05) is 18.4 Å². The van der Waals surface area contributed by atoms with Crippen molar-refractivity contribution >= 4 is 39.5 Å². The maximum absolute atomic E-state index is 12.7. The molecule has 0 radical (unpaired) electrons. The Kier molecular flexibility index (Phi) is 5.62. The van der Waals surface area contributed by atoms with Gasteiger partial charge in [-0.2, -0.15) is 0 Å². The van der Waals surface area contributed by atoms with E-state index in [0.29, 0.717) is 5.69 Å². The fourth-order valence-corrected chi connectivity index (χ4v) is 5.19. The van der Waals surface area contributed by atoms with Gasteiger partial charge in [0.2, 0.25) is 0 Å². The summed E-state index contributed by atoms with van der Waals surface area (Å²) in [6.07, 6.45) is 2.67. The lowest BCUT2D eigenvalue weighted by molar-refractivity contribution is 0.603. The highest BCUT2D eigenvalue weighted by molar-refractivity contribution is 7.94. The number of rotatable bonds is 4. The molecule has 0 bridgehead atoms. The summed E-state index contributed by atoms with van der Waals surface area (Å²) in [5, 5.41) is 3.30. The Morgan fingerprint density at radius 2 is 1.96 bits per heavy atom. The van der Waals surface area contributed by atoms with Crippen molar-refractivity contribution in [1.29, 1.82) is 0 Å². The first-order chi connectivity index (χ1) is 12.1. The summed E-state index contributed by atoms with van der Waals surface area (Å²) in [6.45, 7) is 1.73. The quantitative estimate of drug-likeness (QED) is 0.692. The lowest BCUT2D eigenvalue weighted by Crippen LogP contribution is -2.23. The molecule has 2 aromatic heterocycles. The topological polar surface area (TPSA) is 71.1 Å². The second-order valence-corrected chi connectivity index (χ2v) is 8.84. The predicted molar refractivity (Wildman–Crippen MR) is 107 cm³/mol. The SMILES string of the molecule is Cl.O=S(=O)(Nc1ccc2c(c1)CNCC2)c1ccc(-c2ccccn2)s1. The van der Waals surface area contributed by atoms with Crippen LogP contribution in [0.15, 0.2) is 58.9 Å². The Balaban J connectivity index is 0.00000196. The molecule has 0 aliphatic carbocycles. The van der Waals surface area contributed by atoms with Gasteiger partial charge in [0.05, 0.1) is 10.6 Å². The highest BCUT2D eigenvalue weighted by Crippen LogP contribution is 2.31. The van der Waals surface area contributed by atoms with E-state index in [9.17, 15) is 8.42 Å². The molecule has 0 atom stereocenters. The molecule has 3 heterocycles. The molecule has 0 amide bonds. The van der Waals surface area contributed by atoms with E-state index in [4.69, 9.17) is 0 Å². The van der Waals surface area contributed by atoms with Crippen molar-refractivity contribution in [3.8, 4) is 10.6 Å². The van der Waals surface area contributed by atoms with Crippen LogP contribution in [0.1, 0.15) is 11.1 Å². The molecular weight excluding hydrogens is 390 g/mol. The van der Waals surface area contributed by atoms with E-state index in [1.165, 1.54) is 16.9 Å². The minimum atomic E-state index is -3.61. The van der Waals surface area contributed by atoms with Crippen LogP contribution in [-0.4, -0.2) is 19.9 Å². The second-order valence-electron chi connectivity index (χ2n) is 5.85. The van der Waals surface area contributed by atoms with Gasteiger partial charge in [0.1, 0.15) is 4.21 Å². The number of hydrogen-bond acceptors (Lipinski definition) is 5. The molecule has 4 rings (SSSR count). The van der Waals surface area contributed by atoms with Crippen LogP contribution in [0.5, 0.6) is 0 Å². The lowest BCUT2D eigenvalue weighted by Gasteiger charge is -2.18. The Morgan fingerprint density at radius 1 is 1.08 bits per heavy atom. The number of pyridine rings is 1. The average molecular weight is 408 g/mol. The molecule has 26 heavy (non-hydrogen) atoms. The summed E-state index contributed by atoms with van der Waals surface area (Å²) in [6, 6.07) is 14.7. The molecule has 1 aromatic carbocycles. The van der Waals surface area contributed by atoms with Gasteiger partial charge in [0.15, 0.2) is 0 Å². The van der Waals surface area contributed by atoms with Crippen molar-refractivity contribution in [2.75, 3.05) is 11.3 Å². The summed E-state index contributed by atoms with van der Waals surface area (Å²) in [5.74, 6) is 0. The maximum Gasteiger partial charge on any atom is 0.271 e. The van der Waals surface area contributed by atoms with E-state index in [-0.39, 0.29) is 16.6 Å². The number of aromatic nitrogens is 1. The van der Waals surface area contributed by atoms with Gasteiger partial charge in [-0.1, -0.05) is 12.1 Å². The van der Waals surface area contributed by atoms with Crippen molar-refractivity contribution in [3.63, 3.8) is 0 Å². The van der Waals surface area contributed by atoms with Gasteiger partial charge in [-0.15, -0.1) is 23.7 Å². The zero-order valence-corrected chi connectivity index (χ0v) is 16.3. The van der Waals surface area contributed by atoms with Crippen LogP contribution in [0, 0.1) is 0 Å². The van der Waals surface area contributed by atoms with E-state index in [1.807, 2.05) is 36.4 Å². The first kappa shape index (κ1) is 18.8. The molecule has 3 aromatic rings. The van der Waals surface area contributed by atoms with Crippen molar-refractivity contribution < 1.29 is 8.42 Å². The summed E-state index contributed by atoms with van der Waals surface area (Å²) in [4.78, 5) is 5.09. The van der Waals surface area contributed by atoms with E-state index in [0.717, 1.165) is 35.6 Å². The van der Waals surface area contributed by atoms with Crippen LogP contribution in [-0.2, 0) is 23.0 Å². The molecule has 2 N–H and O–H groups in total. The normalized spacial score (nSPS) is 13.5. The molecule has 136 valence electrons. The predicted octanol–water partition coefficient (Wildman–Crippen LogP) is 3.68. The average Bonchev–Trinajstić information content (AvgIpc) is 3.13. The van der Waals surface area contributed by atoms with Gasteiger partial charge in [0.25, 0.3) is 10.0 Å². The zero-order chi connectivity index (χ0) is 17.3. The summed E-state index contributed by atoms with van der Waals surface area (Å²) in [7, 11) is -3.61. The molecule has 0 saturated carbocycles. The van der Waals surface area contributed by atoms with Gasteiger partial charge < -0.3 is 5.32 Å². The number of benzene rings is 1. The smallest absolute Gasteiger partial charge is 0.271 e. The van der Waals surface area contributed by atoms with Crippen LogP contribution >= 0.6 is 23.7 Å². The van der Waals surface area contributed by atoms with Crippen LogP contribution in [0.2, 0.25) is 0 Å². The molecule has 0 spiro atoms. The van der Waals surface area contributed by atoms with E-state index in [2.05, 4.69) is 15.0 Å². The minimum absolute atomic E-state index is 0. The Bertz CT molecular complexity index is 1000. The van der Waals surface area contributed by atoms with Gasteiger partial charge in [-0.3, -0.25) is 9.71 Å². The second kappa shape index (κ2) is 7.75. The van der Waals surface area contributed by atoms with E-state index >= 15 is 0 Å². The molecule has 5 nitrogen and oxygen atoms in total. The number of thiophene rings is 1. The van der Waals surface area contributed by atoms with Gasteiger partial charge in [-0.05, 0) is 60.5 Å². The monoisotopic (exact) mass is 407 g/mol. The summed E-state index contributed by atoms with van der Waals surface area (Å²) in [5.41, 5.74) is 3.78. The fraction of sp³-hybridized carbons (Fsp3) is 0.167. The summed E-state index contributed by atoms with van der Waals surface area (Å²) < 4.78 is 28.3. The zero-order valence-electron chi connectivity index (χ0n) is 13.8. The lowest BCUT2D eigenvalue weighted by atomic mass is 10.0. The molecule has 0 saturated heterocycles. The van der Waals surface area contributed by atoms with E-state index < -0.39 is 10.0 Å². The number of sulfonamides is 1. The van der Waals surface area contributed by atoms with Gasteiger partial charge >= 0.3 is 0 Å². The summed E-state index contributed by atoms with van der Waals surface area (Å²) >= 11 is 1.22. The number of nitrogens with one attached hydrogen (secondary N) is 2. The number of anilines is 1. The Labute approximate surface area is 163 Å². The first-order valence-electron chi connectivity index (χ1n) is 7.98. The van der Waals surface area contributed by atoms with Crippen molar-refractivity contribution in [2.45, 2.75) is 17.2 Å². The molecule has 1 aliphatic rings. The highest BCUT2D eigenvalue weighted by Gasteiger charge is 2.19. The van der Waals surface area contributed by atoms with Crippen LogP contribution in [0.25, 0.3) is 10.6 Å². The van der Waals surface area contributed by atoms with Crippen molar-refractivity contribution in [3.05, 3.63) is 65.9 Å². The highest BCUT2D eigenvalue weighted by atomic mass is 35.5. The van der Waals surface area contributed by atoms with E-state index in [1.54, 1.807) is 18.3 Å². The number of hydrogen-bond donors (Lipinski definition) is 2. The number of nitrogens with zero attached hydrogens (tertiary/aromatic N) is 1. The van der Waals surface area contributed by atoms with Crippen molar-refractivity contribution in [1.82, 2.24) is 10.3 Å². The third kappa shape index (κ3) is 3.91. The number of fused-ring (bicyclic) bond motifs is 1. The minimum Gasteiger partial charge on any atom is -0.312 e. The molecule has 0 fully saturated rings. The van der Waals surface area contributed by atoms with Crippen molar-refractivity contribution in [2.24, 2.45) is 0 Å². The molecule has 0 unspecified atom stereocenters. The molecular formula is C18H18ClN3O2S2. The first-order valence-corrected chi connectivity index (χ1v) is 10.3. The largest absolute Gasteiger partial charge is 0.312 e. The Morgan fingerprint density at radius 3 is 2.77 bits per heavy atom. The van der Waals surface area contributed by atoms with Gasteiger partial charge in [-0.25, -0.2) is 8.42 Å². The third-order valence-corrected chi connectivity index (χ3v) is 7.09. The Hall–Kier alpha value is -1.93. The van der Waals surface area contributed by atoms with Crippen LogP contribution < -0.4 is 10.0 Å². The maximum atomic E-state index is 12.7. The fourth-order valence-electron chi connectivity index (χ4n) is 2.86. The van der Waals surface area contributed by atoms with Crippen LogP contribution in [0.3, 0.4) is 0 Å². The molecule has 8 heteroatoms. The molecule has 1 aliphatic heterocycles. The number of halogens is 1. The van der Waals surface area contributed by atoms with Crippen LogP contribution in [0.4, 0.5) is 5.69 Å². The third-order valence-electron chi connectivity index (χ3n) is 4.11.